The van der Waals surface area contributed by atoms with Gasteiger partial charge in [0.05, 0.1) is 29.0 Å². The summed E-state index contributed by atoms with van der Waals surface area (Å²) in [4.78, 5) is 28.8. The molecule has 138 valence electrons. The summed E-state index contributed by atoms with van der Waals surface area (Å²) >= 11 is 0. The van der Waals surface area contributed by atoms with Gasteiger partial charge in [0.15, 0.2) is 0 Å². The molecule has 1 fully saturated rings. The van der Waals surface area contributed by atoms with Crippen LogP contribution in [0.3, 0.4) is 0 Å². The van der Waals surface area contributed by atoms with Gasteiger partial charge in [0, 0.05) is 30.9 Å². The number of rotatable bonds is 4. The number of carbonyl (C=O) groups is 1. The van der Waals surface area contributed by atoms with Crippen LogP contribution in [0.15, 0.2) is 42.5 Å². The number of nitro groups is 1. The number of carbonyl (C=O) groups excluding carboxylic acids is 1. The Morgan fingerprint density at radius 3 is 2.70 bits per heavy atom. The third-order valence-corrected chi connectivity index (χ3v) is 4.49. The number of aromatic nitrogens is 2. The number of hydrogen-bond donors (Lipinski definition) is 1. The Labute approximate surface area is 153 Å². The largest absolute Gasteiger partial charge is 0.354 e. The Balaban J connectivity index is 1.82. The molecule has 0 unspecified atom stereocenters. The van der Waals surface area contributed by atoms with Crippen LogP contribution in [0.2, 0.25) is 0 Å². The molecule has 3 aromatic rings. The lowest BCUT2D eigenvalue weighted by molar-refractivity contribution is -0.384. The van der Waals surface area contributed by atoms with E-state index >= 15 is 0 Å². The van der Waals surface area contributed by atoms with E-state index < -0.39 is 4.92 Å². The van der Waals surface area contributed by atoms with E-state index in [-0.39, 0.29) is 24.0 Å². The van der Waals surface area contributed by atoms with Gasteiger partial charge in [-0.3, -0.25) is 24.4 Å². The van der Waals surface area contributed by atoms with Crippen molar-refractivity contribution in [2.24, 2.45) is 0 Å². The van der Waals surface area contributed by atoms with Gasteiger partial charge in [-0.1, -0.05) is 0 Å². The summed E-state index contributed by atoms with van der Waals surface area (Å²) in [5.41, 5.74) is 1.81. The smallest absolute Gasteiger partial charge is 0.271 e. The highest BCUT2D eigenvalue weighted by Gasteiger charge is 2.21. The molecule has 1 aromatic heterocycles. The van der Waals surface area contributed by atoms with E-state index in [1.807, 2.05) is 9.47 Å². The maximum atomic E-state index is 13.3. The standard InChI is InChI=1S/C18H16FN5O3/c19-12-1-3-13(4-2-12)23-16-6-5-14(24(26)27)9-15(16)21-17(23)10-22-8-7-20-18(25)11-22/h1-6,9H,7-8,10-11H2,(H,20,25). The number of benzene rings is 2. The lowest BCUT2D eigenvalue weighted by Crippen LogP contribution is -2.47. The fraction of sp³-hybridized carbons (Fsp3) is 0.222. The zero-order valence-corrected chi connectivity index (χ0v) is 14.3. The van der Waals surface area contributed by atoms with E-state index in [0.717, 1.165) is 0 Å². The molecule has 27 heavy (non-hydrogen) atoms. The van der Waals surface area contributed by atoms with E-state index in [0.29, 0.717) is 42.2 Å². The number of nitrogens with one attached hydrogen (secondary N) is 1. The monoisotopic (exact) mass is 369 g/mol. The number of fused-ring (bicyclic) bond motifs is 1. The summed E-state index contributed by atoms with van der Waals surface area (Å²) in [6.07, 6.45) is 0. The summed E-state index contributed by atoms with van der Waals surface area (Å²) in [7, 11) is 0. The van der Waals surface area contributed by atoms with Crippen LogP contribution in [0.4, 0.5) is 10.1 Å². The van der Waals surface area contributed by atoms with Gasteiger partial charge in [0.25, 0.3) is 5.69 Å². The minimum absolute atomic E-state index is 0.0462. The number of amides is 1. The minimum Gasteiger partial charge on any atom is -0.354 e. The van der Waals surface area contributed by atoms with E-state index in [4.69, 9.17) is 0 Å². The summed E-state index contributed by atoms with van der Waals surface area (Å²) in [5, 5.41) is 13.8. The van der Waals surface area contributed by atoms with Crippen LogP contribution in [-0.4, -0.2) is 44.9 Å². The van der Waals surface area contributed by atoms with E-state index in [2.05, 4.69) is 10.3 Å². The SMILES string of the molecule is O=C1CN(Cc2nc3cc([N+](=O)[O-])ccc3n2-c2ccc(F)cc2)CCN1. The van der Waals surface area contributed by atoms with Gasteiger partial charge in [0.2, 0.25) is 5.91 Å². The molecule has 1 aliphatic heterocycles. The summed E-state index contributed by atoms with van der Waals surface area (Å²) in [6, 6.07) is 10.4. The van der Waals surface area contributed by atoms with Gasteiger partial charge in [-0.05, 0) is 30.3 Å². The first-order chi connectivity index (χ1) is 13.0. The lowest BCUT2D eigenvalue weighted by atomic mass is 10.2. The molecule has 9 heteroatoms. The number of piperazine rings is 1. The van der Waals surface area contributed by atoms with E-state index in [1.54, 1.807) is 18.2 Å². The fourth-order valence-corrected chi connectivity index (χ4v) is 3.24. The Hall–Kier alpha value is -3.33. The van der Waals surface area contributed by atoms with Crippen LogP contribution < -0.4 is 5.32 Å². The lowest BCUT2D eigenvalue weighted by Gasteiger charge is -2.26. The number of nitrogens with zero attached hydrogens (tertiary/aromatic N) is 4. The van der Waals surface area contributed by atoms with Crippen molar-refractivity contribution in [3.63, 3.8) is 0 Å². The molecule has 2 aromatic carbocycles. The third-order valence-electron chi connectivity index (χ3n) is 4.49. The van der Waals surface area contributed by atoms with E-state index in [1.165, 1.54) is 24.3 Å². The predicted molar refractivity (Wildman–Crippen MR) is 96.0 cm³/mol. The molecule has 0 saturated carbocycles. The Morgan fingerprint density at radius 2 is 2.00 bits per heavy atom. The van der Waals surface area contributed by atoms with Crippen molar-refractivity contribution < 1.29 is 14.1 Å². The average molecular weight is 369 g/mol. The number of non-ortho nitro benzene ring substituents is 1. The zero-order chi connectivity index (χ0) is 19.0. The first-order valence-corrected chi connectivity index (χ1v) is 8.42. The predicted octanol–water partition coefficient (Wildman–Crippen LogP) is 2.00. The topological polar surface area (TPSA) is 93.3 Å². The maximum absolute atomic E-state index is 13.3. The molecule has 8 nitrogen and oxygen atoms in total. The number of nitro benzene ring substituents is 1. The second-order valence-corrected chi connectivity index (χ2v) is 6.33. The number of hydrogen-bond acceptors (Lipinski definition) is 5. The average Bonchev–Trinajstić information content (AvgIpc) is 2.99. The zero-order valence-electron chi connectivity index (χ0n) is 14.3. The Morgan fingerprint density at radius 1 is 1.22 bits per heavy atom. The van der Waals surface area contributed by atoms with Crippen molar-refractivity contribution in [2.75, 3.05) is 19.6 Å². The van der Waals surface area contributed by atoms with Gasteiger partial charge < -0.3 is 5.32 Å². The molecule has 1 amide bonds. The number of imidazole rings is 1. The molecule has 4 rings (SSSR count). The van der Waals surface area contributed by atoms with Gasteiger partial charge in [-0.15, -0.1) is 0 Å². The van der Waals surface area contributed by atoms with Crippen molar-refractivity contribution in [3.05, 3.63) is 64.2 Å². The maximum Gasteiger partial charge on any atom is 0.271 e. The highest BCUT2D eigenvalue weighted by atomic mass is 19.1. The first-order valence-electron chi connectivity index (χ1n) is 8.42. The van der Waals surface area contributed by atoms with Crippen molar-refractivity contribution in [3.8, 4) is 5.69 Å². The van der Waals surface area contributed by atoms with Crippen LogP contribution in [0.25, 0.3) is 16.7 Å². The highest BCUT2D eigenvalue weighted by molar-refractivity contribution is 5.81. The van der Waals surface area contributed by atoms with Gasteiger partial charge in [0.1, 0.15) is 11.6 Å². The number of halogens is 1. The van der Waals surface area contributed by atoms with Gasteiger partial charge in [-0.25, -0.2) is 9.37 Å². The highest BCUT2D eigenvalue weighted by Crippen LogP contribution is 2.26. The summed E-state index contributed by atoms with van der Waals surface area (Å²) in [5.74, 6) is 0.223. The Bertz CT molecular complexity index is 1030. The van der Waals surface area contributed by atoms with Crippen molar-refractivity contribution in [1.29, 1.82) is 0 Å². The molecule has 2 heterocycles. The van der Waals surface area contributed by atoms with E-state index in [9.17, 15) is 19.3 Å². The quantitative estimate of drug-likeness (QED) is 0.561. The Kier molecular flexibility index (Phi) is 4.28. The molecule has 0 spiro atoms. The second-order valence-electron chi connectivity index (χ2n) is 6.33. The summed E-state index contributed by atoms with van der Waals surface area (Å²) in [6.45, 7) is 1.89. The molecule has 0 aliphatic carbocycles. The molecule has 1 saturated heterocycles. The van der Waals surface area contributed by atoms with Gasteiger partial charge >= 0.3 is 0 Å². The molecule has 0 radical (unpaired) electrons. The molecule has 0 atom stereocenters. The van der Waals surface area contributed by atoms with Crippen LogP contribution >= 0.6 is 0 Å². The van der Waals surface area contributed by atoms with Crippen LogP contribution in [0, 0.1) is 15.9 Å². The second kappa shape index (κ2) is 6.76. The minimum atomic E-state index is -0.467. The van der Waals surface area contributed by atoms with Crippen LogP contribution in [0.1, 0.15) is 5.82 Å². The van der Waals surface area contributed by atoms with Crippen molar-refractivity contribution in [2.45, 2.75) is 6.54 Å². The molecular weight excluding hydrogens is 353 g/mol. The first kappa shape index (κ1) is 17.1. The van der Waals surface area contributed by atoms with Crippen molar-refractivity contribution >= 4 is 22.6 Å². The molecular formula is C18H16FN5O3. The molecule has 0 bridgehead atoms. The van der Waals surface area contributed by atoms with Crippen LogP contribution in [-0.2, 0) is 11.3 Å². The van der Waals surface area contributed by atoms with Crippen LogP contribution in [0.5, 0.6) is 0 Å². The van der Waals surface area contributed by atoms with Gasteiger partial charge in [-0.2, -0.15) is 0 Å². The molecule has 1 aliphatic rings. The fourth-order valence-electron chi connectivity index (χ4n) is 3.24. The normalized spacial score (nSPS) is 15.1. The van der Waals surface area contributed by atoms with Crippen molar-refractivity contribution in [1.82, 2.24) is 19.8 Å². The molecule has 1 N–H and O–H groups in total. The summed E-state index contributed by atoms with van der Waals surface area (Å²) < 4.78 is 15.2. The third kappa shape index (κ3) is 3.36.